The predicted molar refractivity (Wildman–Crippen MR) is 162 cm³/mol. The molecular formula is C18H24Br9N3. The third-order valence-corrected chi connectivity index (χ3v) is 15.9. The van der Waals surface area contributed by atoms with Gasteiger partial charge in [-0.1, -0.05) is 143 Å². The minimum absolute atomic E-state index is 0.0132. The molecule has 0 N–H and O–H groups in total. The zero-order valence-electron chi connectivity index (χ0n) is 16.2. The van der Waals surface area contributed by atoms with Crippen LogP contribution in [0.4, 0.5) is 0 Å². The first-order valence-electron chi connectivity index (χ1n) is 9.06. The minimum atomic E-state index is 0.0132. The molecule has 0 amide bonds. The van der Waals surface area contributed by atoms with Gasteiger partial charge in [0, 0.05) is 64.2 Å². The highest BCUT2D eigenvalue weighted by atomic mass is 79.9. The first-order valence-corrected chi connectivity index (χ1v) is 19.1. The van der Waals surface area contributed by atoms with Crippen molar-refractivity contribution < 1.29 is 0 Å². The summed E-state index contributed by atoms with van der Waals surface area (Å²) in [7, 11) is 0. The molecule has 0 aliphatic rings. The fourth-order valence-corrected chi connectivity index (χ4v) is 12.9. The second-order valence-corrected chi connectivity index (χ2v) is 12.9. The Bertz CT molecular complexity index is 570. The fourth-order valence-electron chi connectivity index (χ4n) is 2.74. The Hall–Kier alpha value is 3.33. The van der Waals surface area contributed by atoms with Gasteiger partial charge in [0.05, 0.1) is 11.4 Å². The van der Waals surface area contributed by atoms with Gasteiger partial charge in [-0.2, -0.15) is 0 Å². The van der Waals surface area contributed by atoms with Crippen LogP contribution in [0.25, 0.3) is 0 Å². The summed E-state index contributed by atoms with van der Waals surface area (Å²) in [6, 6.07) is 0. The topological polar surface area (TPSA) is 38.7 Å². The highest BCUT2D eigenvalue weighted by Crippen LogP contribution is 2.38. The van der Waals surface area contributed by atoms with Crippen LogP contribution in [0, 0.1) is 16.2 Å². The number of halogens is 9. The van der Waals surface area contributed by atoms with Crippen LogP contribution in [0.15, 0.2) is 0 Å². The van der Waals surface area contributed by atoms with Crippen LogP contribution in [0.5, 0.6) is 0 Å². The Balaban J connectivity index is 3.58. The number of aromatic nitrogens is 3. The number of alkyl halides is 9. The van der Waals surface area contributed by atoms with Crippen molar-refractivity contribution >= 4 is 143 Å². The van der Waals surface area contributed by atoms with E-state index in [0.29, 0.717) is 0 Å². The molecule has 0 aromatic carbocycles. The average Bonchev–Trinajstić information content (AvgIpc) is 2.81. The Labute approximate surface area is 255 Å². The second-order valence-electron chi connectivity index (χ2n) is 7.89. The van der Waals surface area contributed by atoms with Gasteiger partial charge in [-0.25, -0.2) is 0 Å². The first kappa shape index (κ1) is 31.4. The maximum atomic E-state index is 4.56. The molecule has 1 aromatic heterocycles. The number of hydrogen-bond donors (Lipinski definition) is 0. The van der Waals surface area contributed by atoms with E-state index in [4.69, 9.17) is 0 Å². The Morgan fingerprint density at radius 1 is 0.433 bits per heavy atom. The Morgan fingerprint density at radius 2 is 0.700 bits per heavy atom. The van der Waals surface area contributed by atoms with Gasteiger partial charge in [0.1, 0.15) is 0 Å². The van der Waals surface area contributed by atoms with E-state index in [1.54, 1.807) is 0 Å². The van der Waals surface area contributed by atoms with Crippen molar-refractivity contribution in [3.05, 3.63) is 17.0 Å². The van der Waals surface area contributed by atoms with Gasteiger partial charge in [-0.05, 0) is 30.0 Å². The molecule has 30 heavy (non-hydrogen) atoms. The Morgan fingerprint density at radius 3 is 0.967 bits per heavy atom. The van der Waals surface area contributed by atoms with E-state index >= 15 is 0 Å². The summed E-state index contributed by atoms with van der Waals surface area (Å²) in [5, 5.41) is 21.1. The Kier molecular flexibility index (Phi) is 16.1. The van der Waals surface area contributed by atoms with Crippen LogP contribution in [0.3, 0.4) is 0 Å². The zero-order valence-corrected chi connectivity index (χ0v) is 30.5. The standard InChI is InChI=1S/C18H24Br9N3/c19-4-16(5-20,6-21)1-13-14(2-17(7-22,8-23)9-24)28-30-29-15(13)3-18(10-25,11-26)12-27/h1-12H2. The van der Waals surface area contributed by atoms with E-state index < -0.39 is 0 Å². The molecule has 0 spiro atoms. The van der Waals surface area contributed by atoms with Crippen LogP contribution in [0.1, 0.15) is 17.0 Å². The number of hydrogen-bond acceptors (Lipinski definition) is 3. The van der Waals surface area contributed by atoms with E-state index in [-0.39, 0.29) is 16.2 Å². The molecule has 0 bridgehead atoms. The monoisotopic (exact) mass is 992 g/mol. The maximum Gasteiger partial charge on any atom is 0.0706 e. The molecule has 0 radical (unpaired) electrons. The molecule has 0 saturated carbocycles. The van der Waals surface area contributed by atoms with Crippen LogP contribution in [-0.2, 0) is 19.3 Å². The lowest BCUT2D eigenvalue weighted by molar-refractivity contribution is 0.404. The summed E-state index contributed by atoms with van der Waals surface area (Å²) in [5.74, 6) is 0. The van der Waals surface area contributed by atoms with E-state index in [1.807, 2.05) is 0 Å². The summed E-state index contributed by atoms with van der Waals surface area (Å²) in [5.41, 5.74) is 3.35. The van der Waals surface area contributed by atoms with Crippen LogP contribution in [0.2, 0.25) is 0 Å². The van der Waals surface area contributed by atoms with Crippen molar-refractivity contribution in [1.82, 2.24) is 15.4 Å². The molecule has 3 nitrogen and oxygen atoms in total. The van der Waals surface area contributed by atoms with Gasteiger partial charge < -0.3 is 0 Å². The summed E-state index contributed by atoms with van der Waals surface area (Å²) < 4.78 is 0. The molecule has 174 valence electrons. The molecule has 1 heterocycles. The van der Waals surface area contributed by atoms with E-state index in [0.717, 1.165) is 78.6 Å². The molecule has 0 saturated heterocycles. The molecule has 0 aliphatic heterocycles. The van der Waals surface area contributed by atoms with Gasteiger partial charge in [-0.3, -0.25) is 0 Å². The molecular weight excluding hydrogens is 977 g/mol. The predicted octanol–water partition coefficient (Wildman–Crippen LogP) is 8.01. The summed E-state index contributed by atoms with van der Waals surface area (Å²) in [6.07, 6.45) is 2.51. The van der Waals surface area contributed by atoms with Gasteiger partial charge in [0.15, 0.2) is 0 Å². The maximum absolute atomic E-state index is 4.56. The highest BCUT2D eigenvalue weighted by molar-refractivity contribution is 9.11. The van der Waals surface area contributed by atoms with Crippen molar-refractivity contribution in [1.29, 1.82) is 0 Å². The van der Waals surface area contributed by atoms with Crippen molar-refractivity contribution in [2.45, 2.75) is 19.3 Å². The van der Waals surface area contributed by atoms with E-state index in [2.05, 4.69) is 159 Å². The second kappa shape index (κ2) is 15.4. The van der Waals surface area contributed by atoms with E-state index in [1.165, 1.54) is 5.56 Å². The molecule has 12 heteroatoms. The largest absolute Gasteiger partial charge is 0.135 e. The van der Waals surface area contributed by atoms with Gasteiger partial charge in [-0.15, -0.1) is 10.2 Å². The molecule has 1 aromatic rings. The smallest absolute Gasteiger partial charge is 0.0706 e. The lowest BCUT2D eigenvalue weighted by Crippen LogP contribution is -2.36. The highest BCUT2D eigenvalue weighted by Gasteiger charge is 2.36. The van der Waals surface area contributed by atoms with Crippen LogP contribution < -0.4 is 0 Å². The zero-order chi connectivity index (χ0) is 22.8. The van der Waals surface area contributed by atoms with Crippen LogP contribution in [-0.4, -0.2) is 63.4 Å². The van der Waals surface area contributed by atoms with E-state index in [9.17, 15) is 0 Å². The molecule has 0 aliphatic carbocycles. The SMILES string of the molecule is BrCC(CBr)(CBr)Cc1nnnc(CC(CBr)(CBr)CBr)c1CC(CBr)(CBr)CBr. The lowest BCUT2D eigenvalue weighted by Gasteiger charge is -2.33. The lowest BCUT2D eigenvalue weighted by atomic mass is 9.80. The van der Waals surface area contributed by atoms with Crippen molar-refractivity contribution in [3.63, 3.8) is 0 Å². The molecule has 0 atom stereocenters. The normalized spacial score (nSPS) is 13.1. The third kappa shape index (κ3) is 8.19. The summed E-state index contributed by atoms with van der Waals surface area (Å²) in [6.45, 7) is 0. The minimum Gasteiger partial charge on any atom is -0.135 e. The fraction of sp³-hybridized carbons (Fsp3) is 0.833. The number of rotatable bonds is 15. The summed E-state index contributed by atoms with van der Waals surface area (Å²) >= 11 is 33.5. The van der Waals surface area contributed by atoms with Crippen molar-refractivity contribution in [3.8, 4) is 0 Å². The van der Waals surface area contributed by atoms with Gasteiger partial charge in [0.25, 0.3) is 0 Å². The van der Waals surface area contributed by atoms with Gasteiger partial charge in [0.2, 0.25) is 0 Å². The first-order chi connectivity index (χ1) is 14.3. The van der Waals surface area contributed by atoms with Crippen molar-refractivity contribution in [2.75, 3.05) is 48.0 Å². The third-order valence-electron chi connectivity index (χ3n) is 5.22. The average molecular weight is 1000 g/mol. The molecule has 0 fully saturated rings. The molecule has 0 unspecified atom stereocenters. The summed E-state index contributed by atoms with van der Waals surface area (Å²) in [4.78, 5) is 0. The quantitative estimate of drug-likeness (QED) is 0.167. The van der Waals surface area contributed by atoms with Crippen LogP contribution >= 0.6 is 143 Å². The number of nitrogens with zero attached hydrogens (tertiary/aromatic N) is 3. The van der Waals surface area contributed by atoms with Gasteiger partial charge >= 0.3 is 0 Å². The molecule has 1 rings (SSSR count). The van der Waals surface area contributed by atoms with Crippen molar-refractivity contribution in [2.24, 2.45) is 16.2 Å².